The van der Waals surface area contributed by atoms with Crippen molar-refractivity contribution >= 4 is 5.57 Å². The van der Waals surface area contributed by atoms with Crippen LogP contribution in [0, 0.1) is 0 Å². The second-order valence-electron chi connectivity index (χ2n) is 4.32. The van der Waals surface area contributed by atoms with Crippen molar-refractivity contribution in [3.8, 4) is 0 Å². The normalized spacial score (nSPS) is 18.3. The zero-order valence-corrected chi connectivity index (χ0v) is 9.89. The van der Waals surface area contributed by atoms with Crippen LogP contribution in [0.3, 0.4) is 0 Å². The summed E-state index contributed by atoms with van der Waals surface area (Å²) in [6.45, 7) is 0. The summed E-state index contributed by atoms with van der Waals surface area (Å²) >= 11 is 0. The van der Waals surface area contributed by atoms with Crippen molar-refractivity contribution in [2.45, 2.75) is 6.42 Å². The van der Waals surface area contributed by atoms with Crippen molar-refractivity contribution in [3.05, 3.63) is 77.0 Å². The van der Waals surface area contributed by atoms with E-state index < -0.39 is 0 Å². The second kappa shape index (κ2) is 4.11. The predicted molar refractivity (Wildman–Crippen MR) is 71.7 cm³/mol. The minimum atomic E-state index is 0.344. The van der Waals surface area contributed by atoms with Gasteiger partial charge in [-0.15, -0.1) is 0 Å². The Morgan fingerprint density at radius 3 is 2.56 bits per heavy atom. The van der Waals surface area contributed by atoms with E-state index in [0.717, 1.165) is 23.3 Å². The second-order valence-corrected chi connectivity index (χ2v) is 4.32. The number of hydrogen-bond donors (Lipinski definition) is 2. The first-order valence-corrected chi connectivity index (χ1v) is 5.85. The smallest absolute Gasteiger partial charge is 0.192 e. The molecule has 1 aromatic carbocycles. The van der Waals surface area contributed by atoms with Crippen molar-refractivity contribution in [2.75, 3.05) is 0 Å². The minimum absolute atomic E-state index is 0.344. The summed E-state index contributed by atoms with van der Waals surface area (Å²) < 4.78 is 5.53. The zero-order chi connectivity index (χ0) is 12.5. The Balaban J connectivity index is 1.99. The van der Waals surface area contributed by atoms with E-state index in [1.165, 1.54) is 5.56 Å². The molecule has 0 fully saturated rings. The van der Waals surface area contributed by atoms with Crippen LogP contribution in [0.4, 0.5) is 0 Å². The molecular formula is C15H14N2O. The zero-order valence-electron chi connectivity index (χ0n) is 9.89. The molecule has 3 heteroatoms. The molecule has 1 aromatic rings. The molecule has 0 unspecified atom stereocenters. The molecule has 18 heavy (non-hydrogen) atoms. The Labute approximate surface area is 106 Å². The summed E-state index contributed by atoms with van der Waals surface area (Å²) in [5, 5.41) is 0. The van der Waals surface area contributed by atoms with Crippen molar-refractivity contribution < 1.29 is 4.74 Å². The molecular weight excluding hydrogens is 224 g/mol. The SMILES string of the molecule is NC1=CC(N)=C2CC=C(c3ccccc3)C=C2O1. The van der Waals surface area contributed by atoms with Gasteiger partial charge in [-0.3, -0.25) is 0 Å². The topological polar surface area (TPSA) is 61.3 Å². The highest BCUT2D eigenvalue weighted by atomic mass is 16.5. The van der Waals surface area contributed by atoms with E-state index in [9.17, 15) is 0 Å². The lowest BCUT2D eigenvalue weighted by atomic mass is 9.93. The van der Waals surface area contributed by atoms with E-state index in [2.05, 4.69) is 18.2 Å². The van der Waals surface area contributed by atoms with Crippen LogP contribution in [-0.4, -0.2) is 0 Å². The maximum absolute atomic E-state index is 5.94. The molecule has 3 rings (SSSR count). The Morgan fingerprint density at radius 2 is 1.78 bits per heavy atom. The Bertz CT molecular complexity index is 607. The fourth-order valence-electron chi connectivity index (χ4n) is 2.18. The van der Waals surface area contributed by atoms with Crippen molar-refractivity contribution in [1.29, 1.82) is 0 Å². The summed E-state index contributed by atoms with van der Waals surface area (Å²) in [4.78, 5) is 0. The van der Waals surface area contributed by atoms with E-state index in [0.29, 0.717) is 11.6 Å². The maximum Gasteiger partial charge on any atom is 0.192 e. The molecule has 0 saturated carbocycles. The average Bonchev–Trinajstić information content (AvgIpc) is 2.39. The average molecular weight is 238 g/mol. The molecule has 0 spiro atoms. The molecule has 0 aromatic heterocycles. The number of hydrogen-bond acceptors (Lipinski definition) is 3. The lowest BCUT2D eigenvalue weighted by Crippen LogP contribution is -2.16. The molecule has 3 nitrogen and oxygen atoms in total. The summed E-state index contributed by atoms with van der Waals surface area (Å²) in [5.74, 6) is 1.10. The van der Waals surface area contributed by atoms with Crippen LogP contribution in [0.2, 0.25) is 0 Å². The van der Waals surface area contributed by atoms with Gasteiger partial charge < -0.3 is 16.2 Å². The fourth-order valence-corrected chi connectivity index (χ4v) is 2.18. The summed E-state index contributed by atoms with van der Waals surface area (Å²) in [6.07, 6.45) is 6.57. The van der Waals surface area contributed by atoms with Gasteiger partial charge in [-0.25, -0.2) is 0 Å². The van der Waals surface area contributed by atoms with Crippen LogP contribution >= 0.6 is 0 Å². The monoisotopic (exact) mass is 238 g/mol. The fraction of sp³-hybridized carbons (Fsp3) is 0.0667. The number of ether oxygens (including phenoxy) is 1. The van der Waals surface area contributed by atoms with Crippen LogP contribution in [0.15, 0.2) is 71.5 Å². The van der Waals surface area contributed by atoms with E-state index >= 15 is 0 Å². The van der Waals surface area contributed by atoms with E-state index in [1.54, 1.807) is 6.08 Å². The summed E-state index contributed by atoms with van der Waals surface area (Å²) in [6, 6.07) is 10.2. The Hall–Kier alpha value is -2.42. The van der Waals surface area contributed by atoms with Gasteiger partial charge in [0.25, 0.3) is 0 Å². The molecule has 1 aliphatic heterocycles. The van der Waals surface area contributed by atoms with E-state index in [1.807, 2.05) is 24.3 Å². The van der Waals surface area contributed by atoms with E-state index in [4.69, 9.17) is 16.2 Å². The molecule has 0 radical (unpaired) electrons. The van der Waals surface area contributed by atoms with Crippen molar-refractivity contribution in [1.82, 2.24) is 0 Å². The van der Waals surface area contributed by atoms with Crippen LogP contribution in [-0.2, 0) is 4.74 Å². The largest absolute Gasteiger partial charge is 0.441 e. The van der Waals surface area contributed by atoms with Crippen LogP contribution < -0.4 is 11.5 Å². The van der Waals surface area contributed by atoms with Crippen LogP contribution in [0.5, 0.6) is 0 Å². The molecule has 2 aliphatic rings. The van der Waals surface area contributed by atoms with Gasteiger partial charge in [0, 0.05) is 17.3 Å². The quantitative estimate of drug-likeness (QED) is 0.789. The van der Waals surface area contributed by atoms with Crippen molar-refractivity contribution in [2.24, 2.45) is 11.5 Å². The number of nitrogens with two attached hydrogens (primary N) is 2. The van der Waals surface area contributed by atoms with Gasteiger partial charge >= 0.3 is 0 Å². The third kappa shape index (κ3) is 1.80. The van der Waals surface area contributed by atoms with E-state index in [-0.39, 0.29) is 0 Å². The van der Waals surface area contributed by atoms with Gasteiger partial charge in [-0.1, -0.05) is 36.4 Å². The van der Waals surface area contributed by atoms with Gasteiger partial charge in [0.15, 0.2) is 5.88 Å². The highest BCUT2D eigenvalue weighted by Gasteiger charge is 2.20. The molecule has 1 heterocycles. The molecule has 4 N–H and O–H groups in total. The number of fused-ring (bicyclic) bond motifs is 1. The third-order valence-corrected chi connectivity index (χ3v) is 3.09. The first kappa shape index (κ1) is 10.7. The van der Waals surface area contributed by atoms with Gasteiger partial charge in [0.2, 0.25) is 0 Å². The first-order chi connectivity index (χ1) is 8.74. The van der Waals surface area contributed by atoms with Gasteiger partial charge in [-0.05, 0) is 23.6 Å². The number of allylic oxidation sites excluding steroid dienone is 5. The first-order valence-electron chi connectivity index (χ1n) is 5.85. The lowest BCUT2D eigenvalue weighted by molar-refractivity contribution is 0.301. The third-order valence-electron chi connectivity index (χ3n) is 3.09. The minimum Gasteiger partial charge on any atom is -0.441 e. The summed E-state index contributed by atoms with van der Waals surface area (Å²) in [7, 11) is 0. The van der Waals surface area contributed by atoms with Gasteiger partial charge in [0.05, 0.1) is 0 Å². The lowest BCUT2D eigenvalue weighted by Gasteiger charge is -2.22. The molecule has 0 bridgehead atoms. The molecule has 0 atom stereocenters. The Kier molecular flexibility index (Phi) is 2.45. The molecule has 0 saturated heterocycles. The van der Waals surface area contributed by atoms with Crippen LogP contribution in [0.25, 0.3) is 5.57 Å². The highest BCUT2D eigenvalue weighted by Crippen LogP contribution is 2.33. The number of benzene rings is 1. The van der Waals surface area contributed by atoms with Gasteiger partial charge in [0.1, 0.15) is 5.76 Å². The number of rotatable bonds is 1. The van der Waals surface area contributed by atoms with Crippen molar-refractivity contribution in [3.63, 3.8) is 0 Å². The summed E-state index contributed by atoms with van der Waals surface area (Å²) in [5.41, 5.74) is 15.6. The van der Waals surface area contributed by atoms with Crippen LogP contribution in [0.1, 0.15) is 12.0 Å². The maximum atomic E-state index is 5.94. The predicted octanol–water partition coefficient (Wildman–Crippen LogP) is 2.40. The molecule has 0 amide bonds. The standard InChI is InChI=1S/C15H14N2O/c16-13-9-15(17)18-14-8-11(6-7-12(13)14)10-4-2-1-3-5-10/h1-6,8-9H,7,16-17H2. The highest BCUT2D eigenvalue weighted by molar-refractivity contribution is 5.77. The molecule has 1 aliphatic carbocycles. The van der Waals surface area contributed by atoms with Gasteiger partial charge in [-0.2, -0.15) is 0 Å². The Morgan fingerprint density at radius 1 is 1.00 bits per heavy atom. The molecule has 90 valence electrons.